The Hall–Kier alpha value is -0.260. The van der Waals surface area contributed by atoms with Gasteiger partial charge in [-0.25, -0.2) is 8.42 Å². The van der Waals surface area contributed by atoms with Gasteiger partial charge in [-0.3, -0.25) is 0 Å². The molecular weight excluding hydrogens is 304 g/mol. The van der Waals surface area contributed by atoms with Gasteiger partial charge in [0.2, 0.25) is 9.05 Å². The molecule has 1 aromatic rings. The van der Waals surface area contributed by atoms with E-state index in [-0.39, 0.29) is 5.75 Å². The Morgan fingerprint density at radius 1 is 1.47 bits per heavy atom. The van der Waals surface area contributed by atoms with Crippen LogP contribution in [0.5, 0.6) is 5.75 Å². The number of halogens is 2. The number of ether oxygens (including phenoxy) is 1. The Balaban J connectivity index is 3.22. The quantitative estimate of drug-likeness (QED) is 0.806. The highest BCUT2D eigenvalue weighted by Crippen LogP contribution is 2.28. The van der Waals surface area contributed by atoms with Crippen molar-refractivity contribution in [2.24, 2.45) is 0 Å². The van der Waals surface area contributed by atoms with Crippen LogP contribution in [0.15, 0.2) is 16.6 Å². The maximum atomic E-state index is 11.0. The molecular formula is C9H10BrClO3S. The number of rotatable bonds is 3. The lowest BCUT2D eigenvalue weighted by atomic mass is 10.1. The van der Waals surface area contributed by atoms with Gasteiger partial charge in [0.1, 0.15) is 5.75 Å². The van der Waals surface area contributed by atoms with E-state index in [0.29, 0.717) is 11.3 Å². The highest BCUT2D eigenvalue weighted by atomic mass is 79.9. The summed E-state index contributed by atoms with van der Waals surface area (Å²) >= 11 is 3.32. The van der Waals surface area contributed by atoms with Crippen molar-refractivity contribution in [3.8, 4) is 5.75 Å². The molecule has 0 bridgehead atoms. The van der Waals surface area contributed by atoms with Crippen LogP contribution in [-0.4, -0.2) is 15.5 Å². The Morgan fingerprint density at radius 2 is 2.07 bits per heavy atom. The van der Waals surface area contributed by atoms with E-state index in [9.17, 15) is 8.42 Å². The summed E-state index contributed by atoms with van der Waals surface area (Å²) in [6.07, 6.45) is 0. The molecule has 15 heavy (non-hydrogen) atoms. The van der Waals surface area contributed by atoms with Crippen LogP contribution < -0.4 is 4.74 Å². The van der Waals surface area contributed by atoms with Gasteiger partial charge in [0.15, 0.2) is 0 Å². The molecule has 0 aliphatic heterocycles. The van der Waals surface area contributed by atoms with Crippen LogP contribution in [0.25, 0.3) is 0 Å². The fraction of sp³-hybridized carbons (Fsp3) is 0.333. The standard InChI is InChI=1S/C9H10BrClO3S/c1-6-3-8(14-2)4-7(9(6)10)5-15(11,12)13/h3-4H,5H2,1-2H3. The second-order valence-corrected chi connectivity index (χ2v) is 6.67. The predicted octanol–water partition coefficient (Wildman–Crippen LogP) is 2.83. The maximum Gasteiger partial charge on any atom is 0.236 e. The Kier molecular flexibility index (Phi) is 4.03. The summed E-state index contributed by atoms with van der Waals surface area (Å²) in [5.74, 6) is 0.402. The number of hydrogen-bond acceptors (Lipinski definition) is 3. The molecule has 3 nitrogen and oxygen atoms in total. The van der Waals surface area contributed by atoms with Gasteiger partial charge in [-0.05, 0) is 30.2 Å². The topological polar surface area (TPSA) is 43.4 Å². The van der Waals surface area contributed by atoms with Gasteiger partial charge in [-0.1, -0.05) is 15.9 Å². The molecule has 1 aromatic carbocycles. The lowest BCUT2D eigenvalue weighted by molar-refractivity contribution is 0.414. The van der Waals surface area contributed by atoms with Crippen molar-refractivity contribution >= 4 is 35.7 Å². The molecule has 0 fully saturated rings. The normalized spacial score (nSPS) is 11.5. The summed E-state index contributed by atoms with van der Waals surface area (Å²) in [5.41, 5.74) is 1.51. The van der Waals surface area contributed by atoms with E-state index < -0.39 is 9.05 Å². The van der Waals surface area contributed by atoms with E-state index in [1.807, 2.05) is 13.0 Å². The zero-order valence-corrected chi connectivity index (χ0v) is 11.4. The summed E-state index contributed by atoms with van der Waals surface area (Å²) < 4.78 is 27.7. The van der Waals surface area contributed by atoms with Crippen LogP contribution in [0, 0.1) is 6.92 Å². The fourth-order valence-corrected chi connectivity index (χ4v) is 2.72. The van der Waals surface area contributed by atoms with Crippen molar-refractivity contribution in [1.29, 1.82) is 0 Å². The van der Waals surface area contributed by atoms with E-state index in [4.69, 9.17) is 15.4 Å². The molecule has 0 aliphatic carbocycles. The molecule has 0 saturated carbocycles. The van der Waals surface area contributed by atoms with Crippen molar-refractivity contribution in [3.63, 3.8) is 0 Å². The largest absolute Gasteiger partial charge is 0.497 e. The molecule has 0 unspecified atom stereocenters. The summed E-state index contributed by atoms with van der Waals surface area (Å²) in [5, 5.41) is 0. The minimum absolute atomic E-state index is 0.215. The summed E-state index contributed by atoms with van der Waals surface area (Å²) in [6, 6.07) is 3.46. The number of aryl methyl sites for hydroxylation is 1. The third kappa shape index (κ3) is 3.66. The Bertz CT molecular complexity index is 470. The third-order valence-corrected chi connectivity index (χ3v) is 3.98. The Labute approximate surface area is 102 Å². The molecule has 0 amide bonds. The van der Waals surface area contributed by atoms with E-state index in [0.717, 1.165) is 10.0 Å². The molecule has 0 atom stereocenters. The second-order valence-electron chi connectivity index (χ2n) is 3.10. The lowest BCUT2D eigenvalue weighted by Crippen LogP contribution is -1.98. The van der Waals surface area contributed by atoms with Crippen LogP contribution in [0.1, 0.15) is 11.1 Å². The third-order valence-electron chi connectivity index (χ3n) is 1.87. The van der Waals surface area contributed by atoms with E-state index in [2.05, 4.69) is 15.9 Å². The maximum absolute atomic E-state index is 11.0. The minimum Gasteiger partial charge on any atom is -0.497 e. The van der Waals surface area contributed by atoms with E-state index >= 15 is 0 Å². The molecule has 1 rings (SSSR count). The molecule has 84 valence electrons. The molecule has 0 heterocycles. The van der Waals surface area contributed by atoms with Crippen molar-refractivity contribution in [2.45, 2.75) is 12.7 Å². The molecule has 0 spiro atoms. The lowest BCUT2D eigenvalue weighted by Gasteiger charge is -2.08. The number of methoxy groups -OCH3 is 1. The van der Waals surface area contributed by atoms with E-state index in [1.54, 1.807) is 6.07 Å². The average Bonchev–Trinajstić information content (AvgIpc) is 2.10. The fourth-order valence-electron chi connectivity index (χ4n) is 1.22. The van der Waals surface area contributed by atoms with Crippen molar-refractivity contribution in [1.82, 2.24) is 0 Å². The van der Waals surface area contributed by atoms with Crippen molar-refractivity contribution in [2.75, 3.05) is 7.11 Å². The second kappa shape index (κ2) is 4.72. The molecule has 0 aromatic heterocycles. The molecule has 0 saturated heterocycles. The Morgan fingerprint density at radius 3 is 2.53 bits per heavy atom. The predicted molar refractivity (Wildman–Crippen MR) is 63.9 cm³/mol. The SMILES string of the molecule is COc1cc(C)c(Br)c(CS(=O)(=O)Cl)c1. The molecule has 0 N–H and O–H groups in total. The average molecular weight is 314 g/mol. The summed E-state index contributed by atoms with van der Waals surface area (Å²) in [7, 11) is 3.17. The minimum atomic E-state index is -3.55. The van der Waals surface area contributed by atoms with Gasteiger partial charge < -0.3 is 4.74 Å². The zero-order chi connectivity index (χ0) is 11.6. The first-order valence-corrected chi connectivity index (χ1v) is 7.36. The van der Waals surface area contributed by atoms with Gasteiger partial charge in [-0.2, -0.15) is 0 Å². The van der Waals surface area contributed by atoms with Crippen LogP contribution in [0.3, 0.4) is 0 Å². The van der Waals surface area contributed by atoms with Crippen molar-refractivity contribution < 1.29 is 13.2 Å². The smallest absolute Gasteiger partial charge is 0.236 e. The summed E-state index contributed by atoms with van der Waals surface area (Å²) in [4.78, 5) is 0. The van der Waals surface area contributed by atoms with Gasteiger partial charge in [0.05, 0.1) is 12.9 Å². The van der Waals surface area contributed by atoms with Crippen LogP contribution >= 0.6 is 26.6 Å². The monoisotopic (exact) mass is 312 g/mol. The molecule has 0 radical (unpaired) electrons. The van der Waals surface area contributed by atoms with Crippen LogP contribution in [0.4, 0.5) is 0 Å². The van der Waals surface area contributed by atoms with Gasteiger partial charge in [0, 0.05) is 15.2 Å². The first-order chi connectivity index (χ1) is 6.83. The van der Waals surface area contributed by atoms with Crippen LogP contribution in [-0.2, 0) is 14.8 Å². The number of hydrogen-bond donors (Lipinski definition) is 0. The summed E-state index contributed by atoms with van der Waals surface area (Å²) in [6.45, 7) is 1.86. The van der Waals surface area contributed by atoms with Gasteiger partial charge >= 0.3 is 0 Å². The van der Waals surface area contributed by atoms with Crippen LogP contribution in [0.2, 0.25) is 0 Å². The van der Waals surface area contributed by atoms with Crippen molar-refractivity contribution in [3.05, 3.63) is 27.7 Å². The highest BCUT2D eigenvalue weighted by molar-refractivity contribution is 9.10. The van der Waals surface area contributed by atoms with Gasteiger partial charge in [-0.15, -0.1) is 0 Å². The molecule has 6 heteroatoms. The van der Waals surface area contributed by atoms with Gasteiger partial charge in [0.25, 0.3) is 0 Å². The molecule has 0 aliphatic rings. The zero-order valence-electron chi connectivity index (χ0n) is 8.25. The van der Waals surface area contributed by atoms with E-state index in [1.165, 1.54) is 7.11 Å². The number of benzene rings is 1. The first-order valence-electron chi connectivity index (χ1n) is 4.09. The first kappa shape index (κ1) is 12.8. The highest BCUT2D eigenvalue weighted by Gasteiger charge is 2.13.